The number of para-hydroxylation sites is 2. The van der Waals surface area contributed by atoms with Gasteiger partial charge in [0.15, 0.2) is 11.5 Å². The molecule has 3 aromatic rings. The number of halogens is 1. The number of nitrogens with zero attached hydrogens (tertiary/aromatic N) is 4. The molecule has 150 valence electrons. The number of methoxy groups -OCH3 is 1. The van der Waals surface area contributed by atoms with Crippen molar-refractivity contribution >= 4 is 34.7 Å². The van der Waals surface area contributed by atoms with Gasteiger partial charge in [-0.05, 0) is 36.4 Å². The molecule has 2 aromatic carbocycles. The fourth-order valence-corrected chi connectivity index (χ4v) is 3.45. The van der Waals surface area contributed by atoms with Gasteiger partial charge in [0.1, 0.15) is 5.75 Å². The Bertz CT molecular complexity index is 983. The molecule has 1 aromatic heterocycles. The van der Waals surface area contributed by atoms with Crippen molar-refractivity contribution in [1.82, 2.24) is 20.3 Å². The maximum absolute atomic E-state index is 13.0. The van der Waals surface area contributed by atoms with Gasteiger partial charge in [-0.25, -0.2) is 0 Å². The number of hydrogen-bond acceptors (Lipinski definition) is 6. The summed E-state index contributed by atoms with van der Waals surface area (Å²) in [5, 5.41) is 14.4. The predicted molar refractivity (Wildman–Crippen MR) is 112 cm³/mol. The summed E-state index contributed by atoms with van der Waals surface area (Å²) in [5.74, 6) is 1.07. The average Bonchev–Trinajstić information content (AvgIpc) is 3.23. The van der Waals surface area contributed by atoms with Crippen molar-refractivity contribution in [3.63, 3.8) is 0 Å². The maximum Gasteiger partial charge on any atom is 0.278 e. The number of aromatic amines is 1. The number of H-pyrrole nitrogens is 1. The van der Waals surface area contributed by atoms with E-state index in [0.29, 0.717) is 37.0 Å². The van der Waals surface area contributed by atoms with E-state index in [4.69, 9.17) is 16.3 Å². The Morgan fingerprint density at radius 3 is 2.52 bits per heavy atom. The van der Waals surface area contributed by atoms with Crippen LogP contribution < -0.4 is 15.0 Å². The van der Waals surface area contributed by atoms with Gasteiger partial charge in [-0.15, -0.1) is 10.2 Å². The van der Waals surface area contributed by atoms with Crippen molar-refractivity contribution in [2.75, 3.05) is 43.5 Å². The molecule has 1 amide bonds. The van der Waals surface area contributed by atoms with E-state index >= 15 is 0 Å². The number of hydrogen-bond donors (Lipinski definition) is 2. The summed E-state index contributed by atoms with van der Waals surface area (Å²) in [6.07, 6.45) is 0. The van der Waals surface area contributed by atoms with Crippen LogP contribution in [0.4, 0.5) is 17.2 Å². The van der Waals surface area contributed by atoms with E-state index in [-0.39, 0.29) is 11.6 Å². The van der Waals surface area contributed by atoms with E-state index < -0.39 is 0 Å². The molecule has 8 nitrogen and oxygen atoms in total. The highest BCUT2D eigenvalue weighted by Crippen LogP contribution is 2.28. The number of nitrogens with one attached hydrogen (secondary N) is 2. The molecule has 0 radical (unpaired) electrons. The summed E-state index contributed by atoms with van der Waals surface area (Å²) >= 11 is 5.92. The lowest BCUT2D eigenvalue weighted by molar-refractivity contribution is 0.0741. The zero-order valence-corrected chi connectivity index (χ0v) is 16.7. The molecule has 2 heterocycles. The van der Waals surface area contributed by atoms with E-state index in [1.54, 1.807) is 24.1 Å². The standard InChI is InChI=1S/C20H21ClN6O2/c1-29-17-5-3-2-4-16(17)26-10-12-27(13-11-26)20(28)18-19(24-25-23-18)22-15-8-6-14(21)7-9-15/h2-9H,10-13H2,1H3,(H2,22,23,24,25). The van der Waals surface area contributed by atoms with Gasteiger partial charge in [0.05, 0.1) is 12.8 Å². The Morgan fingerprint density at radius 1 is 1.07 bits per heavy atom. The summed E-state index contributed by atoms with van der Waals surface area (Å²) in [6.45, 7) is 2.60. The van der Waals surface area contributed by atoms with Gasteiger partial charge in [-0.3, -0.25) is 4.79 Å². The third kappa shape index (κ3) is 4.12. The van der Waals surface area contributed by atoms with Crippen LogP contribution >= 0.6 is 11.6 Å². The van der Waals surface area contributed by atoms with Crippen LogP contribution in [0, 0.1) is 0 Å². The summed E-state index contributed by atoms with van der Waals surface area (Å²) in [6, 6.07) is 15.1. The number of anilines is 3. The molecule has 1 aliphatic heterocycles. The van der Waals surface area contributed by atoms with Crippen LogP contribution in [0.15, 0.2) is 48.5 Å². The van der Waals surface area contributed by atoms with Gasteiger partial charge in [-0.1, -0.05) is 23.7 Å². The molecule has 1 saturated heterocycles. The molecule has 0 saturated carbocycles. The van der Waals surface area contributed by atoms with E-state index in [1.165, 1.54) is 0 Å². The number of ether oxygens (including phenoxy) is 1. The van der Waals surface area contributed by atoms with Crippen LogP contribution in [0.2, 0.25) is 5.02 Å². The number of rotatable bonds is 5. The average molecular weight is 413 g/mol. The Labute approximate surface area is 173 Å². The molecule has 0 unspecified atom stereocenters. The first kappa shape index (κ1) is 19.1. The minimum atomic E-state index is -0.158. The molecule has 4 rings (SSSR count). The number of carbonyl (C=O) groups excluding carboxylic acids is 1. The van der Waals surface area contributed by atoms with Crippen LogP contribution in [0.25, 0.3) is 0 Å². The Hall–Kier alpha value is -3.26. The molecule has 0 atom stereocenters. The molecule has 0 bridgehead atoms. The first-order chi connectivity index (χ1) is 14.2. The van der Waals surface area contributed by atoms with Gasteiger partial charge in [0, 0.05) is 36.9 Å². The number of benzene rings is 2. The van der Waals surface area contributed by atoms with Gasteiger partial charge < -0.3 is 19.9 Å². The molecule has 2 N–H and O–H groups in total. The monoisotopic (exact) mass is 412 g/mol. The number of amides is 1. The topological polar surface area (TPSA) is 86.4 Å². The Morgan fingerprint density at radius 2 is 1.79 bits per heavy atom. The minimum absolute atomic E-state index is 0.158. The van der Waals surface area contributed by atoms with E-state index in [9.17, 15) is 4.79 Å². The molecule has 9 heteroatoms. The van der Waals surface area contributed by atoms with Crippen LogP contribution in [-0.4, -0.2) is 59.5 Å². The van der Waals surface area contributed by atoms with E-state index in [1.807, 2.05) is 36.4 Å². The third-order valence-corrected chi connectivity index (χ3v) is 5.10. The van der Waals surface area contributed by atoms with Crippen LogP contribution in [0.5, 0.6) is 5.75 Å². The molecule has 1 aliphatic rings. The highest BCUT2D eigenvalue weighted by Gasteiger charge is 2.27. The van der Waals surface area contributed by atoms with Crippen LogP contribution in [0.1, 0.15) is 10.5 Å². The van der Waals surface area contributed by atoms with E-state index in [2.05, 4.69) is 25.6 Å². The minimum Gasteiger partial charge on any atom is -0.495 e. The van der Waals surface area contributed by atoms with E-state index in [0.717, 1.165) is 17.1 Å². The Kier molecular flexibility index (Phi) is 5.53. The van der Waals surface area contributed by atoms with Gasteiger partial charge in [0.25, 0.3) is 5.91 Å². The van der Waals surface area contributed by atoms with Crippen molar-refractivity contribution in [1.29, 1.82) is 0 Å². The quantitative estimate of drug-likeness (QED) is 0.669. The highest BCUT2D eigenvalue weighted by atomic mass is 35.5. The smallest absolute Gasteiger partial charge is 0.278 e. The number of piperazine rings is 1. The van der Waals surface area contributed by atoms with Crippen molar-refractivity contribution in [2.24, 2.45) is 0 Å². The fourth-order valence-electron chi connectivity index (χ4n) is 3.33. The zero-order valence-electron chi connectivity index (χ0n) is 15.9. The zero-order chi connectivity index (χ0) is 20.2. The molecular weight excluding hydrogens is 392 g/mol. The van der Waals surface area contributed by atoms with Crippen LogP contribution in [-0.2, 0) is 0 Å². The largest absolute Gasteiger partial charge is 0.495 e. The first-order valence-corrected chi connectivity index (χ1v) is 9.64. The van der Waals surface area contributed by atoms with Gasteiger partial charge >= 0.3 is 0 Å². The van der Waals surface area contributed by atoms with Gasteiger partial charge in [0.2, 0.25) is 0 Å². The van der Waals surface area contributed by atoms with Crippen molar-refractivity contribution in [2.45, 2.75) is 0 Å². The second-order valence-electron chi connectivity index (χ2n) is 6.60. The fraction of sp³-hybridized carbons (Fsp3) is 0.250. The van der Waals surface area contributed by atoms with Crippen molar-refractivity contribution in [3.05, 3.63) is 59.2 Å². The highest BCUT2D eigenvalue weighted by molar-refractivity contribution is 6.30. The molecule has 1 fully saturated rings. The molecule has 0 aliphatic carbocycles. The Balaban J connectivity index is 1.43. The summed E-state index contributed by atoms with van der Waals surface area (Å²) in [7, 11) is 1.67. The third-order valence-electron chi connectivity index (χ3n) is 4.85. The normalized spacial score (nSPS) is 14.0. The SMILES string of the molecule is COc1ccccc1N1CCN(C(=O)c2n[nH]nc2Nc2ccc(Cl)cc2)CC1. The van der Waals surface area contributed by atoms with Crippen molar-refractivity contribution < 1.29 is 9.53 Å². The summed E-state index contributed by atoms with van der Waals surface area (Å²) in [4.78, 5) is 17.0. The molecule has 29 heavy (non-hydrogen) atoms. The first-order valence-electron chi connectivity index (χ1n) is 9.26. The maximum atomic E-state index is 13.0. The number of aromatic nitrogens is 3. The van der Waals surface area contributed by atoms with Crippen LogP contribution in [0.3, 0.4) is 0 Å². The second kappa shape index (κ2) is 8.40. The predicted octanol–water partition coefficient (Wildman–Crippen LogP) is 3.17. The second-order valence-corrected chi connectivity index (χ2v) is 7.04. The molecular formula is C20H21ClN6O2. The lowest BCUT2D eigenvalue weighted by atomic mass is 10.2. The lowest BCUT2D eigenvalue weighted by Gasteiger charge is -2.36. The lowest BCUT2D eigenvalue weighted by Crippen LogP contribution is -2.49. The van der Waals surface area contributed by atoms with Crippen molar-refractivity contribution in [3.8, 4) is 5.75 Å². The number of carbonyl (C=O) groups is 1. The summed E-state index contributed by atoms with van der Waals surface area (Å²) < 4.78 is 5.45. The summed E-state index contributed by atoms with van der Waals surface area (Å²) in [5.41, 5.74) is 2.08. The van der Waals surface area contributed by atoms with Gasteiger partial charge in [-0.2, -0.15) is 5.21 Å². The molecule has 0 spiro atoms.